The van der Waals surface area contributed by atoms with Gasteiger partial charge in [0.15, 0.2) is 0 Å². The molecule has 1 aliphatic heterocycles. The molecule has 1 fully saturated rings. The van der Waals surface area contributed by atoms with Crippen LogP contribution in [0.1, 0.15) is 24.0 Å². The molecule has 1 unspecified atom stereocenters. The molecule has 1 atom stereocenters. The zero-order valence-electron chi connectivity index (χ0n) is 11.7. The van der Waals surface area contributed by atoms with Crippen LogP contribution in [-0.4, -0.2) is 43.2 Å². The third-order valence-corrected chi connectivity index (χ3v) is 3.91. The fourth-order valence-corrected chi connectivity index (χ4v) is 2.77. The predicted molar refractivity (Wildman–Crippen MR) is 76.0 cm³/mol. The van der Waals surface area contributed by atoms with E-state index < -0.39 is 0 Å². The molecule has 1 aromatic rings. The number of aliphatic hydroxyl groups excluding tert-OH is 1. The molecule has 3 heteroatoms. The van der Waals surface area contributed by atoms with E-state index in [-0.39, 0.29) is 6.61 Å². The zero-order chi connectivity index (χ0) is 13.1. The molecule has 0 aromatic heterocycles. The van der Waals surface area contributed by atoms with E-state index in [0.29, 0.717) is 6.04 Å². The van der Waals surface area contributed by atoms with E-state index >= 15 is 0 Å². The third kappa shape index (κ3) is 2.85. The summed E-state index contributed by atoms with van der Waals surface area (Å²) in [7, 11) is 4.33. The molecule has 0 aliphatic carbocycles. The van der Waals surface area contributed by atoms with Crippen molar-refractivity contribution in [2.45, 2.75) is 32.4 Å². The minimum Gasteiger partial charge on any atom is -0.392 e. The Bertz CT molecular complexity index is 403. The Balaban J connectivity index is 2.15. The number of benzene rings is 1. The van der Waals surface area contributed by atoms with Crippen LogP contribution in [0.15, 0.2) is 18.2 Å². The number of rotatable bonds is 3. The van der Waals surface area contributed by atoms with Gasteiger partial charge in [-0.15, -0.1) is 0 Å². The van der Waals surface area contributed by atoms with Gasteiger partial charge in [0.2, 0.25) is 0 Å². The molecule has 1 saturated heterocycles. The van der Waals surface area contributed by atoms with E-state index in [1.54, 1.807) is 0 Å². The largest absolute Gasteiger partial charge is 0.392 e. The van der Waals surface area contributed by atoms with E-state index in [2.05, 4.69) is 43.0 Å². The quantitative estimate of drug-likeness (QED) is 0.886. The second-order valence-electron chi connectivity index (χ2n) is 5.48. The predicted octanol–water partition coefficient (Wildman–Crippen LogP) is 2.02. The van der Waals surface area contributed by atoms with Crippen LogP contribution >= 0.6 is 0 Å². The summed E-state index contributed by atoms with van der Waals surface area (Å²) in [6, 6.07) is 6.92. The molecule has 2 rings (SSSR count). The third-order valence-electron chi connectivity index (χ3n) is 3.91. The molecule has 1 aliphatic rings. The summed E-state index contributed by atoms with van der Waals surface area (Å²) in [4.78, 5) is 4.80. The number of anilines is 1. The molecule has 1 N–H and O–H groups in total. The van der Waals surface area contributed by atoms with Gasteiger partial charge in [0.05, 0.1) is 6.61 Å². The highest BCUT2D eigenvalue weighted by atomic mass is 16.3. The summed E-state index contributed by atoms with van der Waals surface area (Å²) in [5.41, 5.74) is 3.58. The molecular formula is C15H24N2O. The number of piperidine rings is 1. The minimum atomic E-state index is 0.126. The Labute approximate surface area is 110 Å². The number of hydrogen-bond donors (Lipinski definition) is 1. The van der Waals surface area contributed by atoms with Gasteiger partial charge in [-0.05, 0) is 51.1 Å². The molecule has 1 heterocycles. The van der Waals surface area contributed by atoms with Crippen molar-refractivity contribution in [1.82, 2.24) is 4.90 Å². The first kappa shape index (κ1) is 13.4. The van der Waals surface area contributed by atoms with E-state index in [1.807, 2.05) is 6.07 Å². The van der Waals surface area contributed by atoms with Gasteiger partial charge in [0.25, 0.3) is 0 Å². The molecule has 0 amide bonds. The fraction of sp³-hybridized carbons (Fsp3) is 0.600. The molecule has 18 heavy (non-hydrogen) atoms. The minimum absolute atomic E-state index is 0.126. The molecule has 0 radical (unpaired) electrons. The summed E-state index contributed by atoms with van der Waals surface area (Å²) in [6.45, 7) is 4.51. The Morgan fingerprint density at radius 3 is 2.78 bits per heavy atom. The Morgan fingerprint density at radius 1 is 1.39 bits per heavy atom. The van der Waals surface area contributed by atoms with Crippen molar-refractivity contribution in [3.8, 4) is 0 Å². The first-order chi connectivity index (χ1) is 8.61. The van der Waals surface area contributed by atoms with E-state index in [4.69, 9.17) is 5.11 Å². The lowest BCUT2D eigenvalue weighted by Crippen LogP contribution is -2.45. The molecule has 0 bridgehead atoms. The van der Waals surface area contributed by atoms with Crippen molar-refractivity contribution in [3.05, 3.63) is 29.3 Å². The molecule has 100 valence electrons. The Morgan fingerprint density at radius 2 is 2.17 bits per heavy atom. The monoisotopic (exact) mass is 248 g/mol. The highest BCUT2D eigenvalue weighted by Crippen LogP contribution is 2.25. The van der Waals surface area contributed by atoms with E-state index in [9.17, 15) is 0 Å². The molecule has 1 aromatic carbocycles. The van der Waals surface area contributed by atoms with E-state index in [0.717, 1.165) is 18.7 Å². The number of aliphatic hydroxyl groups is 1. The number of likely N-dealkylation sites (N-methyl/N-ethyl adjacent to an activating group) is 1. The van der Waals surface area contributed by atoms with Crippen LogP contribution in [0.25, 0.3) is 0 Å². The van der Waals surface area contributed by atoms with Crippen molar-refractivity contribution in [3.63, 3.8) is 0 Å². The lowest BCUT2D eigenvalue weighted by molar-refractivity contribution is 0.258. The van der Waals surface area contributed by atoms with Gasteiger partial charge < -0.3 is 14.9 Å². The van der Waals surface area contributed by atoms with Gasteiger partial charge in [-0.2, -0.15) is 0 Å². The maximum atomic E-state index is 9.16. The van der Waals surface area contributed by atoms with Gasteiger partial charge in [-0.1, -0.05) is 12.1 Å². The number of aryl methyl sites for hydroxylation is 1. The lowest BCUT2D eigenvalue weighted by atomic mass is 10.0. The lowest BCUT2D eigenvalue weighted by Gasteiger charge is -2.38. The van der Waals surface area contributed by atoms with Crippen LogP contribution in [0.5, 0.6) is 0 Å². The maximum Gasteiger partial charge on any atom is 0.0681 e. The van der Waals surface area contributed by atoms with Crippen LogP contribution in [0.3, 0.4) is 0 Å². The van der Waals surface area contributed by atoms with Gasteiger partial charge in [-0.25, -0.2) is 0 Å². The summed E-state index contributed by atoms with van der Waals surface area (Å²) in [6.07, 6.45) is 2.54. The second-order valence-corrected chi connectivity index (χ2v) is 5.48. The highest BCUT2D eigenvalue weighted by Gasteiger charge is 2.22. The molecule has 0 spiro atoms. The van der Waals surface area contributed by atoms with Crippen LogP contribution in [0.4, 0.5) is 5.69 Å². The van der Waals surface area contributed by atoms with Crippen molar-refractivity contribution in [1.29, 1.82) is 0 Å². The second kappa shape index (κ2) is 5.72. The van der Waals surface area contributed by atoms with Crippen LogP contribution in [0.2, 0.25) is 0 Å². The Hall–Kier alpha value is -1.06. The molecular weight excluding hydrogens is 224 g/mol. The molecule has 0 saturated carbocycles. The van der Waals surface area contributed by atoms with Crippen LogP contribution in [0, 0.1) is 6.92 Å². The van der Waals surface area contributed by atoms with Crippen molar-refractivity contribution >= 4 is 5.69 Å². The normalized spacial score (nSPS) is 20.5. The standard InChI is InChI=1S/C15H24N2O/c1-12-9-13(11-18)6-7-15(12)17-8-4-5-14(10-17)16(2)3/h6-7,9,14,18H,4-5,8,10-11H2,1-3H3. The first-order valence-corrected chi connectivity index (χ1v) is 6.73. The Kier molecular flexibility index (Phi) is 4.25. The summed E-state index contributed by atoms with van der Waals surface area (Å²) in [5, 5.41) is 9.16. The van der Waals surface area contributed by atoms with Crippen molar-refractivity contribution < 1.29 is 5.11 Å². The number of nitrogens with zero attached hydrogens (tertiary/aromatic N) is 2. The fourth-order valence-electron chi connectivity index (χ4n) is 2.77. The zero-order valence-corrected chi connectivity index (χ0v) is 11.7. The van der Waals surface area contributed by atoms with Crippen LogP contribution < -0.4 is 4.90 Å². The highest BCUT2D eigenvalue weighted by molar-refractivity contribution is 5.54. The molecule has 3 nitrogen and oxygen atoms in total. The maximum absolute atomic E-state index is 9.16. The van der Waals surface area contributed by atoms with Crippen molar-refractivity contribution in [2.75, 3.05) is 32.1 Å². The van der Waals surface area contributed by atoms with Gasteiger partial charge in [0.1, 0.15) is 0 Å². The summed E-state index contributed by atoms with van der Waals surface area (Å²) >= 11 is 0. The van der Waals surface area contributed by atoms with Crippen LogP contribution in [-0.2, 0) is 6.61 Å². The van der Waals surface area contributed by atoms with Gasteiger partial charge in [0, 0.05) is 24.8 Å². The van der Waals surface area contributed by atoms with Gasteiger partial charge in [-0.3, -0.25) is 0 Å². The average molecular weight is 248 g/mol. The SMILES string of the molecule is Cc1cc(CO)ccc1N1CCCC(N(C)C)C1. The van der Waals surface area contributed by atoms with Crippen molar-refractivity contribution in [2.24, 2.45) is 0 Å². The van der Waals surface area contributed by atoms with E-state index in [1.165, 1.54) is 24.1 Å². The van der Waals surface area contributed by atoms with Gasteiger partial charge >= 0.3 is 0 Å². The smallest absolute Gasteiger partial charge is 0.0681 e. The summed E-state index contributed by atoms with van der Waals surface area (Å²) < 4.78 is 0. The number of hydrogen-bond acceptors (Lipinski definition) is 3. The first-order valence-electron chi connectivity index (χ1n) is 6.73. The summed E-state index contributed by atoms with van der Waals surface area (Å²) in [5.74, 6) is 0. The topological polar surface area (TPSA) is 26.7 Å². The average Bonchev–Trinajstić information content (AvgIpc) is 2.38.